The van der Waals surface area contributed by atoms with Crippen molar-refractivity contribution in [2.24, 2.45) is 0 Å². The van der Waals surface area contributed by atoms with Gasteiger partial charge in [-0.3, -0.25) is 0 Å². The SMILES string of the molecule is COc1ccc(Nc2nc(N)n(-c3cc(Nc4ccccc4)ncn3)n2)cc1.Cc1cccc(Nc2nc(N)n(-c3cc(Nc4ccccc4)nc(C)n3)n2)c1.Nc1nc(Nc2ccc(O)cc2)nn1-c1cc(Nc2ccccc2)ncn1.Nc1nc(Nc2ccc([NH+]([O-])[O-])cc2)nn1-c1cc(Nc2ccccc2)ncn1.Nc1nc(Nc2ccccc2[NH+](O)O)nn1-c1cc(Nc2ccccc2)ncn1. The van der Waals surface area contributed by atoms with Crippen LogP contribution in [0.15, 0.2) is 329 Å². The van der Waals surface area contributed by atoms with Crippen LogP contribution >= 0.6 is 0 Å². The number of aromatic hydroxyl groups is 1. The highest BCUT2D eigenvalue weighted by molar-refractivity contribution is 5.69. The van der Waals surface area contributed by atoms with Crippen molar-refractivity contribution < 1.29 is 30.7 Å². The number of nitrogens with two attached hydrogens (primary N) is 5. The number of rotatable bonds is 28. The van der Waals surface area contributed by atoms with Gasteiger partial charge in [0.2, 0.25) is 65.2 Å². The number of anilines is 25. The summed E-state index contributed by atoms with van der Waals surface area (Å²) in [6.07, 6.45) is 5.66. The third kappa shape index (κ3) is 25.9. The van der Waals surface area contributed by atoms with Crippen LogP contribution in [0.1, 0.15) is 11.4 Å². The number of phenols is 1. The number of ether oxygens (including phenoxy) is 1. The van der Waals surface area contributed by atoms with Gasteiger partial charge < -0.3 is 107 Å². The molecule has 48 heteroatoms. The maximum Gasteiger partial charge on any atom is 0.249 e. The summed E-state index contributed by atoms with van der Waals surface area (Å²) in [6, 6.07) is 91.5. The van der Waals surface area contributed by atoms with E-state index in [1.54, 1.807) is 98.1 Å². The molecule has 20 rings (SSSR count). The Hall–Kier alpha value is -20.3. The third-order valence-electron chi connectivity index (χ3n) is 19.4. The number of nitrogens with one attached hydrogen (secondary N) is 12. The zero-order valence-corrected chi connectivity index (χ0v) is 74.8. The molecule has 141 heavy (non-hydrogen) atoms. The zero-order valence-electron chi connectivity index (χ0n) is 74.8. The summed E-state index contributed by atoms with van der Waals surface area (Å²) in [5, 5.41) is 101. The molecule has 0 spiro atoms. The number of aryl methyl sites for hydroxylation is 2. The van der Waals surface area contributed by atoms with Gasteiger partial charge in [0.25, 0.3) is 0 Å². The van der Waals surface area contributed by atoms with Crippen molar-refractivity contribution >= 4 is 157 Å². The van der Waals surface area contributed by atoms with Crippen molar-refractivity contribution in [2.45, 2.75) is 13.8 Å². The van der Waals surface area contributed by atoms with Crippen molar-refractivity contribution in [3.63, 3.8) is 0 Å². The number of methoxy groups -OCH3 is 1. The molecule has 25 N–H and O–H groups in total. The fourth-order valence-electron chi connectivity index (χ4n) is 13.0. The molecule has 0 aliphatic carbocycles. The van der Waals surface area contributed by atoms with Crippen LogP contribution < -0.4 is 97.0 Å². The van der Waals surface area contributed by atoms with Gasteiger partial charge in [-0.25, -0.2) is 49.8 Å². The van der Waals surface area contributed by atoms with Gasteiger partial charge in [0.05, 0.1) is 7.11 Å². The standard InChI is InChI=1S/C20H20N8.C19H18N8O.C18H17N9O2.C18H16N9O2.C18H16N8O/c1-13-7-6-10-16(11-13)25-20-26-19(21)28(27-20)18-12-17(22-14(2)23-18)24-15-8-4-3-5-9-15;1-28-15-9-7-14(8-10-15)24-19-25-18(20)27(26-19)17-11-16(21-12-22-17)23-13-5-3-2-4-6-13;19-17-24-18(23-13-8-4-5-9-14(13)27(28)29)25-26(17)16-10-15(20-11-21-16)22-12-6-2-1-3-7-12;19-17-24-18(23-13-6-8-14(9-7-13)27(28)29)25-26(17)16-10-15(20-11-21-16)22-12-4-2-1-3-5-12;19-17-24-18(23-13-6-8-14(27)9-7-13)25-26(17)16-10-15(20-11-21-16)22-12-4-2-1-3-5-12/h3-12H,1-2H3,(H,22,23,24)(H3,21,25,26,27);2-12H,1H3,(H,21,22,23)(H3,20,24,25,26);1-11,28-29H,(H,20,21,22)(H3,19,23,24,25);1-11,27H,(H,20,21,22)(H3,19,23,24,25);1-11,27H,(H,20,21,22)(H3,19,23,24,25)/q;;;-1;/p+1. The van der Waals surface area contributed by atoms with E-state index in [2.05, 4.69) is 153 Å². The Bertz CT molecular complexity index is 7480. The highest BCUT2D eigenvalue weighted by Crippen LogP contribution is 2.30. The topological polar surface area (TPSA) is 658 Å². The van der Waals surface area contributed by atoms with Crippen LogP contribution in [0.5, 0.6) is 11.5 Å². The number of phenolic OH excluding ortho intramolecular Hbond substituents is 1. The van der Waals surface area contributed by atoms with E-state index < -0.39 is 10.5 Å². The van der Waals surface area contributed by atoms with Gasteiger partial charge in [-0.1, -0.05) is 115 Å². The molecule has 706 valence electrons. The van der Waals surface area contributed by atoms with Crippen molar-refractivity contribution in [3.8, 4) is 40.6 Å². The second kappa shape index (κ2) is 44.9. The maximum atomic E-state index is 10.8. The Labute approximate surface area is 801 Å². The summed E-state index contributed by atoms with van der Waals surface area (Å²) in [5.41, 5.74) is 39.4. The minimum atomic E-state index is -1.24. The first-order valence-electron chi connectivity index (χ1n) is 42.5. The van der Waals surface area contributed by atoms with E-state index >= 15 is 0 Å². The molecule has 0 fully saturated rings. The highest BCUT2D eigenvalue weighted by atomic mass is 16.8. The lowest BCUT2D eigenvalue weighted by Gasteiger charge is -2.24. The van der Waals surface area contributed by atoms with Gasteiger partial charge in [-0.15, -0.1) is 25.5 Å². The molecule has 10 heterocycles. The first-order valence-corrected chi connectivity index (χ1v) is 42.5. The average Bonchev–Trinajstić information content (AvgIpc) is 1.71. The molecule has 0 aliphatic rings. The van der Waals surface area contributed by atoms with Crippen LogP contribution in [-0.4, -0.2) is 146 Å². The number of benzene rings is 10. The van der Waals surface area contributed by atoms with Gasteiger partial charge in [0.15, 0.2) is 29.1 Å². The van der Waals surface area contributed by atoms with Crippen LogP contribution in [0.3, 0.4) is 0 Å². The van der Waals surface area contributed by atoms with Crippen molar-refractivity contribution in [3.05, 3.63) is 350 Å². The molecule has 0 aliphatic heterocycles. The predicted molar refractivity (Wildman–Crippen MR) is 533 cm³/mol. The number of quaternary nitrogens is 2. The summed E-state index contributed by atoms with van der Waals surface area (Å²) in [6.45, 7) is 3.84. The Morgan fingerprint density at radius 3 is 0.936 bits per heavy atom. The number of para-hydroxylation sites is 7. The number of hydrogen-bond acceptors (Lipinski definition) is 41. The fourth-order valence-corrected chi connectivity index (χ4v) is 13.0. The molecule has 0 saturated carbocycles. The van der Waals surface area contributed by atoms with E-state index in [0.717, 1.165) is 56.8 Å². The van der Waals surface area contributed by atoms with Gasteiger partial charge in [0, 0.05) is 99.7 Å². The summed E-state index contributed by atoms with van der Waals surface area (Å²) >= 11 is 0. The molecule has 48 nitrogen and oxygen atoms in total. The summed E-state index contributed by atoms with van der Waals surface area (Å²) in [4.78, 5) is 63.6. The lowest BCUT2D eigenvalue weighted by molar-refractivity contribution is -1.19. The quantitative estimate of drug-likeness (QED) is 0.0160. The van der Waals surface area contributed by atoms with Gasteiger partial charge in [-0.2, -0.15) is 58.7 Å². The normalized spacial score (nSPS) is 10.7. The lowest BCUT2D eigenvalue weighted by Crippen LogP contribution is -3.02. The molecule has 20 aromatic rings. The summed E-state index contributed by atoms with van der Waals surface area (Å²) < 4.78 is 12.2. The molecule has 0 bridgehead atoms. The molecule has 0 unspecified atom stereocenters. The minimum absolute atomic E-state index is 0.0768. The van der Waals surface area contributed by atoms with E-state index in [-0.39, 0.29) is 58.8 Å². The van der Waals surface area contributed by atoms with Gasteiger partial charge in [-0.05, 0) is 164 Å². The summed E-state index contributed by atoms with van der Waals surface area (Å²) in [7, 11) is 1.62. The van der Waals surface area contributed by atoms with E-state index in [1.807, 2.05) is 214 Å². The van der Waals surface area contributed by atoms with Crippen LogP contribution in [0, 0.1) is 24.3 Å². The van der Waals surface area contributed by atoms with Crippen LogP contribution in [0.4, 0.5) is 157 Å². The molecule has 0 amide bonds. The number of nitrogens with zero attached hydrogens (tertiary/aromatic N) is 25. The third-order valence-corrected chi connectivity index (χ3v) is 19.4. The van der Waals surface area contributed by atoms with Crippen molar-refractivity contribution in [1.82, 2.24) is 124 Å². The molecular formula is C93H88N42O6. The molecule has 0 atom stereocenters. The summed E-state index contributed by atoms with van der Waals surface area (Å²) in [5.74, 6) is 9.26. The van der Waals surface area contributed by atoms with Crippen LogP contribution in [0.25, 0.3) is 29.1 Å². The van der Waals surface area contributed by atoms with E-state index in [4.69, 9.17) is 33.4 Å². The second-order valence-electron chi connectivity index (χ2n) is 29.7. The Morgan fingerprint density at radius 2 is 0.589 bits per heavy atom. The molecule has 10 aromatic carbocycles. The smallest absolute Gasteiger partial charge is 0.249 e. The van der Waals surface area contributed by atoms with Crippen molar-refractivity contribution in [2.75, 3.05) is 88.9 Å². The molecular weight excluding hydrogens is 1800 g/mol. The predicted octanol–water partition coefficient (Wildman–Crippen LogP) is 12.8. The largest absolute Gasteiger partial charge is 0.628 e. The molecule has 10 aromatic heterocycles. The van der Waals surface area contributed by atoms with Crippen LogP contribution in [0.2, 0.25) is 0 Å². The first-order chi connectivity index (χ1) is 68.6. The number of nitrogen functional groups attached to an aromatic ring is 5. The van der Waals surface area contributed by atoms with E-state index in [0.29, 0.717) is 93.2 Å². The van der Waals surface area contributed by atoms with Gasteiger partial charge in [0.1, 0.15) is 83.1 Å². The Morgan fingerprint density at radius 1 is 0.291 bits per heavy atom. The van der Waals surface area contributed by atoms with E-state index in [9.17, 15) is 25.9 Å². The average molecular weight is 1890 g/mol. The minimum Gasteiger partial charge on any atom is -0.628 e. The number of aromatic nitrogens is 25. The second-order valence-corrected chi connectivity index (χ2v) is 29.7. The van der Waals surface area contributed by atoms with Crippen LogP contribution in [-0.2, 0) is 0 Å². The number of hydrogen-bond donors (Lipinski definition) is 20. The fraction of sp³-hybridized carbons (Fsp3) is 0.0323. The maximum absolute atomic E-state index is 10.8. The van der Waals surface area contributed by atoms with Crippen molar-refractivity contribution in [1.29, 1.82) is 0 Å². The van der Waals surface area contributed by atoms with Gasteiger partial charge >= 0.3 is 0 Å². The monoisotopic (exact) mass is 1890 g/mol. The Kier molecular flexibility index (Phi) is 29.9. The zero-order chi connectivity index (χ0) is 97.9. The lowest BCUT2D eigenvalue weighted by atomic mass is 10.2. The Balaban J connectivity index is 0.000000127. The first kappa shape index (κ1) is 93.9. The molecule has 0 saturated heterocycles. The molecule has 0 radical (unpaired) electrons. The van der Waals surface area contributed by atoms with E-state index in [1.165, 1.54) is 60.9 Å². The highest BCUT2D eigenvalue weighted by Gasteiger charge is 2.21.